The van der Waals surface area contributed by atoms with Crippen molar-refractivity contribution in [3.05, 3.63) is 34.9 Å². The predicted octanol–water partition coefficient (Wildman–Crippen LogP) is 2.44. The van der Waals surface area contributed by atoms with E-state index in [9.17, 15) is 22.4 Å². The van der Waals surface area contributed by atoms with E-state index in [2.05, 4.69) is 0 Å². The second-order valence-electron chi connectivity index (χ2n) is 5.36. The Morgan fingerprint density at radius 1 is 1.29 bits per heavy atom. The Kier molecular flexibility index (Phi) is 4.51. The zero-order valence-electron chi connectivity index (χ0n) is 11.5. The number of piperidine rings is 1. The molecule has 1 saturated heterocycles. The summed E-state index contributed by atoms with van der Waals surface area (Å²) in [5.41, 5.74) is 4.59. The standard InChI is InChI=1S/C14H16F4N2O/c1-7(19)8-3-2-4-20(6-8)14(21)11-12(17)9(15)5-10(16)13(11)18/h5,7-8H,2-4,6,19H2,1H3/t7-,8-/m1/s1. The van der Waals surface area contributed by atoms with Crippen LogP contribution >= 0.6 is 0 Å². The second-order valence-corrected chi connectivity index (χ2v) is 5.36. The largest absolute Gasteiger partial charge is 0.338 e. The molecule has 0 bridgehead atoms. The van der Waals surface area contributed by atoms with Crippen molar-refractivity contribution in [1.82, 2.24) is 4.90 Å². The van der Waals surface area contributed by atoms with E-state index in [1.54, 1.807) is 6.92 Å². The first-order valence-electron chi connectivity index (χ1n) is 6.70. The quantitative estimate of drug-likeness (QED) is 0.674. The van der Waals surface area contributed by atoms with Gasteiger partial charge in [-0.05, 0) is 25.7 Å². The van der Waals surface area contributed by atoms with Gasteiger partial charge in [-0.2, -0.15) is 0 Å². The van der Waals surface area contributed by atoms with Crippen LogP contribution in [0.15, 0.2) is 6.07 Å². The molecule has 7 heteroatoms. The Labute approximate surface area is 119 Å². The van der Waals surface area contributed by atoms with E-state index < -0.39 is 34.7 Å². The molecule has 3 nitrogen and oxygen atoms in total. The van der Waals surface area contributed by atoms with Gasteiger partial charge >= 0.3 is 0 Å². The molecule has 1 heterocycles. The van der Waals surface area contributed by atoms with E-state index in [-0.39, 0.29) is 31.1 Å². The molecule has 0 saturated carbocycles. The predicted molar refractivity (Wildman–Crippen MR) is 68.6 cm³/mol. The summed E-state index contributed by atoms with van der Waals surface area (Å²) in [7, 11) is 0. The van der Waals surface area contributed by atoms with Crippen LogP contribution in [-0.4, -0.2) is 29.9 Å². The first-order chi connectivity index (χ1) is 9.82. The van der Waals surface area contributed by atoms with E-state index in [1.165, 1.54) is 4.90 Å². The molecule has 2 atom stereocenters. The summed E-state index contributed by atoms with van der Waals surface area (Å²) in [6.45, 7) is 2.27. The third-order valence-electron chi connectivity index (χ3n) is 3.81. The van der Waals surface area contributed by atoms with Crippen molar-refractivity contribution in [3.63, 3.8) is 0 Å². The van der Waals surface area contributed by atoms with Crippen molar-refractivity contribution >= 4 is 5.91 Å². The number of halogens is 4. The highest BCUT2D eigenvalue weighted by molar-refractivity contribution is 5.95. The van der Waals surface area contributed by atoms with Gasteiger partial charge in [0.2, 0.25) is 0 Å². The van der Waals surface area contributed by atoms with Crippen LogP contribution in [0.4, 0.5) is 17.6 Å². The Morgan fingerprint density at radius 2 is 1.86 bits per heavy atom. The van der Waals surface area contributed by atoms with Crippen molar-refractivity contribution in [1.29, 1.82) is 0 Å². The van der Waals surface area contributed by atoms with Crippen molar-refractivity contribution in [2.24, 2.45) is 11.7 Å². The summed E-state index contributed by atoms with van der Waals surface area (Å²) in [6, 6.07) is -0.0953. The van der Waals surface area contributed by atoms with Gasteiger partial charge in [0.05, 0.1) is 0 Å². The van der Waals surface area contributed by atoms with Gasteiger partial charge in [-0.25, -0.2) is 17.6 Å². The molecule has 1 amide bonds. The monoisotopic (exact) mass is 304 g/mol. The fourth-order valence-corrected chi connectivity index (χ4v) is 2.54. The smallest absolute Gasteiger partial charge is 0.260 e. The number of nitrogens with two attached hydrogens (primary N) is 1. The molecular weight excluding hydrogens is 288 g/mol. The molecule has 1 fully saturated rings. The lowest BCUT2D eigenvalue weighted by Crippen LogP contribution is -2.45. The van der Waals surface area contributed by atoms with Gasteiger partial charge in [-0.1, -0.05) is 0 Å². The van der Waals surface area contributed by atoms with E-state index in [0.717, 1.165) is 6.42 Å². The lowest BCUT2D eigenvalue weighted by atomic mass is 9.92. The number of likely N-dealkylation sites (tertiary alicyclic amines) is 1. The molecule has 116 valence electrons. The molecule has 0 spiro atoms. The van der Waals surface area contributed by atoms with Crippen LogP contribution in [0.25, 0.3) is 0 Å². The molecule has 1 aliphatic rings. The summed E-state index contributed by atoms with van der Waals surface area (Å²) >= 11 is 0. The summed E-state index contributed by atoms with van der Waals surface area (Å²) in [5.74, 6) is -7.55. The first-order valence-corrected chi connectivity index (χ1v) is 6.70. The maximum absolute atomic E-state index is 13.6. The van der Waals surface area contributed by atoms with Crippen LogP contribution in [0.3, 0.4) is 0 Å². The Hall–Kier alpha value is -1.63. The van der Waals surface area contributed by atoms with Crippen molar-refractivity contribution in [2.75, 3.05) is 13.1 Å². The third-order valence-corrected chi connectivity index (χ3v) is 3.81. The van der Waals surface area contributed by atoms with Gasteiger partial charge in [0, 0.05) is 25.2 Å². The first kappa shape index (κ1) is 15.8. The summed E-state index contributed by atoms with van der Waals surface area (Å²) in [4.78, 5) is 13.4. The van der Waals surface area contributed by atoms with Gasteiger partial charge in [0.15, 0.2) is 23.3 Å². The number of nitrogens with zero attached hydrogens (tertiary/aromatic N) is 1. The maximum atomic E-state index is 13.6. The molecule has 1 aromatic carbocycles. The number of carbonyl (C=O) groups is 1. The molecular formula is C14H16F4N2O. The minimum atomic E-state index is -1.66. The highest BCUT2D eigenvalue weighted by atomic mass is 19.2. The normalized spacial score (nSPS) is 20.5. The Balaban J connectivity index is 2.32. The highest BCUT2D eigenvalue weighted by Crippen LogP contribution is 2.25. The lowest BCUT2D eigenvalue weighted by Gasteiger charge is -2.34. The molecule has 0 unspecified atom stereocenters. The van der Waals surface area contributed by atoms with Gasteiger partial charge in [-0.15, -0.1) is 0 Å². The van der Waals surface area contributed by atoms with E-state index in [0.29, 0.717) is 6.42 Å². The van der Waals surface area contributed by atoms with E-state index >= 15 is 0 Å². The zero-order chi connectivity index (χ0) is 15.7. The molecule has 0 aliphatic carbocycles. The number of amides is 1. The van der Waals surface area contributed by atoms with Gasteiger partial charge in [0.25, 0.3) is 5.91 Å². The molecule has 21 heavy (non-hydrogen) atoms. The van der Waals surface area contributed by atoms with Crippen LogP contribution in [0.1, 0.15) is 30.1 Å². The number of hydrogen-bond acceptors (Lipinski definition) is 2. The number of rotatable bonds is 2. The van der Waals surface area contributed by atoms with E-state index in [4.69, 9.17) is 5.73 Å². The number of carbonyl (C=O) groups excluding carboxylic acids is 1. The fraction of sp³-hybridized carbons (Fsp3) is 0.500. The molecule has 0 aromatic heterocycles. The van der Waals surface area contributed by atoms with Gasteiger partial charge in [0.1, 0.15) is 5.56 Å². The average molecular weight is 304 g/mol. The highest BCUT2D eigenvalue weighted by Gasteiger charge is 2.32. The van der Waals surface area contributed by atoms with Gasteiger partial charge in [-0.3, -0.25) is 4.79 Å². The minimum Gasteiger partial charge on any atom is -0.338 e. The Morgan fingerprint density at radius 3 is 2.38 bits per heavy atom. The SMILES string of the molecule is C[C@@H](N)[C@@H]1CCCN(C(=O)c2c(F)c(F)cc(F)c2F)C1. The van der Waals surface area contributed by atoms with Gasteiger partial charge < -0.3 is 10.6 Å². The molecule has 2 N–H and O–H groups in total. The third kappa shape index (κ3) is 3.02. The van der Waals surface area contributed by atoms with Crippen LogP contribution in [0.5, 0.6) is 0 Å². The van der Waals surface area contributed by atoms with Crippen molar-refractivity contribution < 1.29 is 22.4 Å². The minimum absolute atomic E-state index is 0.00720. The second kappa shape index (κ2) is 6.01. The maximum Gasteiger partial charge on any atom is 0.260 e. The van der Waals surface area contributed by atoms with Crippen molar-refractivity contribution in [3.8, 4) is 0 Å². The molecule has 0 radical (unpaired) electrons. The fourth-order valence-electron chi connectivity index (χ4n) is 2.54. The topological polar surface area (TPSA) is 46.3 Å². The number of benzene rings is 1. The van der Waals surface area contributed by atoms with E-state index in [1.807, 2.05) is 0 Å². The van der Waals surface area contributed by atoms with Crippen LogP contribution in [0.2, 0.25) is 0 Å². The van der Waals surface area contributed by atoms with Crippen LogP contribution in [-0.2, 0) is 0 Å². The number of hydrogen-bond donors (Lipinski definition) is 1. The van der Waals surface area contributed by atoms with Crippen LogP contribution in [0, 0.1) is 29.2 Å². The van der Waals surface area contributed by atoms with Crippen LogP contribution < -0.4 is 5.73 Å². The molecule has 1 aromatic rings. The summed E-state index contributed by atoms with van der Waals surface area (Å²) in [6.07, 6.45) is 1.42. The molecule has 2 rings (SSSR count). The molecule has 1 aliphatic heterocycles. The average Bonchev–Trinajstić information content (AvgIpc) is 2.45. The van der Waals surface area contributed by atoms with Crippen molar-refractivity contribution in [2.45, 2.75) is 25.8 Å². The Bertz CT molecular complexity index is 536. The lowest BCUT2D eigenvalue weighted by molar-refractivity contribution is 0.0648. The zero-order valence-corrected chi connectivity index (χ0v) is 11.5. The summed E-state index contributed by atoms with van der Waals surface area (Å²) in [5, 5.41) is 0. The summed E-state index contributed by atoms with van der Waals surface area (Å²) < 4.78 is 53.7.